The summed E-state index contributed by atoms with van der Waals surface area (Å²) in [6, 6.07) is 9.69. The van der Waals surface area contributed by atoms with Crippen molar-refractivity contribution >= 4 is 16.0 Å². The van der Waals surface area contributed by atoms with Gasteiger partial charge in [0.05, 0.1) is 4.90 Å². The van der Waals surface area contributed by atoms with Crippen molar-refractivity contribution in [2.24, 2.45) is 0 Å². The number of anilines is 1. The van der Waals surface area contributed by atoms with Gasteiger partial charge < -0.3 is 4.90 Å². The molecule has 7 nitrogen and oxygen atoms in total. The Morgan fingerprint density at radius 2 is 1.88 bits per heavy atom. The Balaban J connectivity index is 1.64. The molecular formula is C16H20N4O3S. The van der Waals surface area contributed by atoms with E-state index in [9.17, 15) is 13.2 Å². The lowest BCUT2D eigenvalue weighted by Crippen LogP contribution is -2.45. The van der Waals surface area contributed by atoms with Gasteiger partial charge in [-0.2, -0.15) is 0 Å². The molecule has 0 spiro atoms. The second-order valence-electron chi connectivity index (χ2n) is 5.91. The Morgan fingerprint density at radius 1 is 1.21 bits per heavy atom. The van der Waals surface area contributed by atoms with Gasteiger partial charge in [-0.1, -0.05) is 18.2 Å². The van der Waals surface area contributed by atoms with E-state index in [1.807, 2.05) is 4.90 Å². The zero-order chi connectivity index (χ0) is 17.2. The van der Waals surface area contributed by atoms with Crippen LogP contribution in [0.4, 0.5) is 5.95 Å². The van der Waals surface area contributed by atoms with Crippen molar-refractivity contribution in [3.8, 4) is 0 Å². The standard InChI is InChI=1S/C16H20N4O3S/c1-12-11-15(21)18-16(17-12)20-9-7-13(8-10-20)19-24(22,23)14-5-3-2-4-6-14/h2-6,11,13,19H,7-10H2,1H3,(H,17,18,21). The number of nitrogens with zero attached hydrogens (tertiary/aromatic N) is 2. The summed E-state index contributed by atoms with van der Waals surface area (Å²) in [7, 11) is -3.50. The number of sulfonamides is 1. The van der Waals surface area contributed by atoms with Crippen LogP contribution in [0.2, 0.25) is 0 Å². The Labute approximate surface area is 140 Å². The number of benzene rings is 1. The third kappa shape index (κ3) is 3.82. The van der Waals surface area contributed by atoms with E-state index in [1.54, 1.807) is 37.3 Å². The summed E-state index contributed by atoms with van der Waals surface area (Å²) in [5, 5.41) is 0. The lowest BCUT2D eigenvalue weighted by molar-refractivity contribution is 0.456. The van der Waals surface area contributed by atoms with Crippen LogP contribution < -0.4 is 15.2 Å². The number of hydrogen-bond donors (Lipinski definition) is 2. The number of aromatic amines is 1. The minimum Gasteiger partial charge on any atom is -0.342 e. The zero-order valence-corrected chi connectivity index (χ0v) is 14.2. The Morgan fingerprint density at radius 3 is 2.50 bits per heavy atom. The van der Waals surface area contributed by atoms with Crippen LogP contribution in [-0.4, -0.2) is 37.5 Å². The topological polar surface area (TPSA) is 95.2 Å². The van der Waals surface area contributed by atoms with E-state index in [2.05, 4.69) is 14.7 Å². The predicted octanol–water partition coefficient (Wildman–Crippen LogP) is 1.03. The molecule has 0 saturated carbocycles. The molecule has 1 saturated heterocycles. The van der Waals surface area contributed by atoms with Gasteiger partial charge in [-0.3, -0.25) is 9.78 Å². The van der Waals surface area contributed by atoms with Crippen molar-refractivity contribution in [3.63, 3.8) is 0 Å². The average Bonchev–Trinajstić information content (AvgIpc) is 2.55. The minimum atomic E-state index is -3.50. The maximum atomic E-state index is 12.4. The van der Waals surface area contributed by atoms with Crippen LogP contribution in [0.5, 0.6) is 0 Å². The third-order valence-corrected chi connectivity index (χ3v) is 5.56. The van der Waals surface area contributed by atoms with Crippen molar-refractivity contribution in [1.29, 1.82) is 0 Å². The molecule has 1 aromatic carbocycles. The predicted molar refractivity (Wildman–Crippen MR) is 91.6 cm³/mol. The molecular weight excluding hydrogens is 328 g/mol. The second kappa shape index (κ2) is 6.74. The summed E-state index contributed by atoms with van der Waals surface area (Å²) >= 11 is 0. The quantitative estimate of drug-likeness (QED) is 0.860. The van der Waals surface area contributed by atoms with E-state index in [0.29, 0.717) is 37.6 Å². The maximum Gasteiger partial charge on any atom is 0.252 e. The maximum absolute atomic E-state index is 12.4. The number of hydrogen-bond acceptors (Lipinski definition) is 5. The van der Waals surface area contributed by atoms with Crippen LogP contribution in [0, 0.1) is 6.92 Å². The first-order chi connectivity index (χ1) is 11.4. The number of nitrogens with one attached hydrogen (secondary N) is 2. The summed E-state index contributed by atoms with van der Waals surface area (Å²) in [6.45, 7) is 3.04. The normalized spacial score (nSPS) is 16.3. The molecule has 3 rings (SSSR count). The lowest BCUT2D eigenvalue weighted by Gasteiger charge is -2.32. The van der Waals surface area contributed by atoms with E-state index >= 15 is 0 Å². The van der Waals surface area contributed by atoms with Gasteiger partial charge in [-0.05, 0) is 31.9 Å². The largest absolute Gasteiger partial charge is 0.342 e. The van der Waals surface area contributed by atoms with Gasteiger partial charge in [-0.25, -0.2) is 18.1 Å². The Bertz CT molecular complexity index is 856. The van der Waals surface area contributed by atoms with Crippen molar-refractivity contribution in [2.45, 2.75) is 30.7 Å². The minimum absolute atomic E-state index is 0.122. The SMILES string of the molecule is Cc1cc(=O)[nH]c(N2CCC(NS(=O)(=O)c3ccccc3)CC2)n1. The first-order valence-electron chi connectivity index (χ1n) is 7.84. The number of rotatable bonds is 4. The van der Waals surface area contributed by atoms with E-state index in [0.717, 1.165) is 0 Å². The van der Waals surface area contributed by atoms with Gasteiger partial charge in [-0.15, -0.1) is 0 Å². The number of H-pyrrole nitrogens is 1. The third-order valence-electron chi connectivity index (χ3n) is 4.03. The summed E-state index contributed by atoms with van der Waals surface area (Å²) in [5.74, 6) is 0.546. The Kier molecular flexibility index (Phi) is 4.68. The molecule has 128 valence electrons. The fourth-order valence-electron chi connectivity index (χ4n) is 2.81. The van der Waals surface area contributed by atoms with Gasteiger partial charge in [0.2, 0.25) is 16.0 Å². The number of piperidine rings is 1. The van der Waals surface area contributed by atoms with Gasteiger partial charge >= 0.3 is 0 Å². The molecule has 1 aromatic heterocycles. The molecule has 24 heavy (non-hydrogen) atoms. The Hall–Kier alpha value is -2.19. The molecule has 1 fully saturated rings. The van der Waals surface area contributed by atoms with Gasteiger partial charge in [0.1, 0.15) is 0 Å². The van der Waals surface area contributed by atoms with Crippen LogP contribution in [0.25, 0.3) is 0 Å². The first kappa shape index (κ1) is 16.7. The van der Waals surface area contributed by atoms with Gasteiger partial charge in [0.15, 0.2) is 0 Å². The van der Waals surface area contributed by atoms with E-state index < -0.39 is 10.0 Å². The highest BCUT2D eigenvalue weighted by Gasteiger charge is 2.25. The summed E-state index contributed by atoms with van der Waals surface area (Å²) < 4.78 is 27.5. The highest BCUT2D eigenvalue weighted by molar-refractivity contribution is 7.89. The molecule has 0 bridgehead atoms. The van der Waals surface area contributed by atoms with Crippen LogP contribution >= 0.6 is 0 Å². The fourth-order valence-corrected chi connectivity index (χ4v) is 4.14. The zero-order valence-electron chi connectivity index (χ0n) is 13.4. The van der Waals surface area contributed by atoms with Crippen molar-refractivity contribution < 1.29 is 8.42 Å². The highest BCUT2D eigenvalue weighted by Crippen LogP contribution is 2.17. The van der Waals surface area contributed by atoms with Crippen molar-refractivity contribution in [1.82, 2.24) is 14.7 Å². The average molecular weight is 348 g/mol. The molecule has 1 aliphatic rings. The van der Waals surface area contributed by atoms with E-state index in [1.165, 1.54) is 6.07 Å². The molecule has 2 heterocycles. The summed E-state index contributed by atoms with van der Waals surface area (Å²) in [5.41, 5.74) is 0.491. The highest BCUT2D eigenvalue weighted by atomic mass is 32.2. The molecule has 1 aliphatic heterocycles. The van der Waals surface area contributed by atoms with Crippen LogP contribution in [0.15, 0.2) is 46.1 Å². The van der Waals surface area contributed by atoms with Gasteiger partial charge in [0.25, 0.3) is 5.56 Å². The molecule has 0 atom stereocenters. The van der Waals surface area contributed by atoms with Gasteiger partial charge in [0, 0.05) is 30.9 Å². The molecule has 0 radical (unpaired) electrons. The van der Waals surface area contributed by atoms with Crippen LogP contribution in [0.3, 0.4) is 0 Å². The van der Waals surface area contributed by atoms with Crippen molar-refractivity contribution in [3.05, 3.63) is 52.4 Å². The summed E-state index contributed by atoms with van der Waals surface area (Å²) in [6.07, 6.45) is 1.31. The summed E-state index contributed by atoms with van der Waals surface area (Å²) in [4.78, 5) is 20.9. The van der Waals surface area contributed by atoms with Crippen LogP contribution in [0.1, 0.15) is 18.5 Å². The van der Waals surface area contributed by atoms with E-state index in [4.69, 9.17) is 0 Å². The fraction of sp³-hybridized carbons (Fsp3) is 0.375. The van der Waals surface area contributed by atoms with E-state index in [-0.39, 0.29) is 16.5 Å². The molecule has 0 unspecified atom stereocenters. The lowest BCUT2D eigenvalue weighted by atomic mass is 10.1. The molecule has 8 heteroatoms. The first-order valence-corrected chi connectivity index (χ1v) is 9.33. The molecule has 0 amide bonds. The number of aromatic nitrogens is 2. The second-order valence-corrected chi connectivity index (χ2v) is 7.62. The van der Waals surface area contributed by atoms with Crippen LogP contribution in [-0.2, 0) is 10.0 Å². The molecule has 0 aliphatic carbocycles. The smallest absolute Gasteiger partial charge is 0.252 e. The molecule has 2 aromatic rings. The molecule has 2 N–H and O–H groups in total. The number of aryl methyl sites for hydroxylation is 1. The van der Waals surface area contributed by atoms with Crippen molar-refractivity contribution in [2.75, 3.05) is 18.0 Å². The monoisotopic (exact) mass is 348 g/mol.